The van der Waals surface area contributed by atoms with E-state index in [1.165, 1.54) is 0 Å². The summed E-state index contributed by atoms with van der Waals surface area (Å²) in [6, 6.07) is 0. The predicted molar refractivity (Wildman–Crippen MR) is 35.2 cm³/mol. The van der Waals surface area contributed by atoms with Gasteiger partial charge in [0.25, 0.3) is 0 Å². The number of alkyl halides is 3. The average Bonchev–Trinajstić information content (AvgIpc) is 1.21. The lowest BCUT2D eigenvalue weighted by atomic mass is 10.7. The molecule has 1 nitrogen and oxygen atoms in total. The smallest absolute Gasteiger partial charge is 0.307 e. The van der Waals surface area contributed by atoms with Gasteiger partial charge in [0.05, 0.1) is 0 Å². The van der Waals surface area contributed by atoms with E-state index in [4.69, 9.17) is 0 Å². The summed E-state index contributed by atoms with van der Waals surface area (Å²) in [5.74, 6) is 0. The van der Waals surface area contributed by atoms with Gasteiger partial charge in [-0.15, -0.1) is 0 Å². The van der Waals surface area contributed by atoms with Crippen LogP contribution in [-0.4, -0.2) is 10.2 Å². The highest BCUT2D eigenvalue weighted by molar-refractivity contribution is 14.1. The summed E-state index contributed by atoms with van der Waals surface area (Å²) < 4.78 is 27.1. The Hall–Kier alpha value is 0.550. The quantitative estimate of drug-likeness (QED) is 0.528. The normalized spacial score (nSPS) is 16.1. The minimum atomic E-state index is -2.99. The molecule has 0 saturated carbocycles. The van der Waals surface area contributed by atoms with Gasteiger partial charge in [-0.3, -0.25) is 0 Å². The molecule has 1 atom stereocenters. The third-order valence-corrected chi connectivity index (χ3v) is 0.624. The Morgan fingerprint density at radius 3 is 2.00 bits per heavy atom. The van der Waals surface area contributed by atoms with Gasteiger partial charge in [0.15, 0.2) is 0 Å². The lowest BCUT2D eigenvalue weighted by Gasteiger charge is -2.12. The molecule has 8 heavy (non-hydrogen) atoms. The molecule has 0 rings (SSSR count). The Labute approximate surface area is 60.5 Å². The first kappa shape index (κ1) is 8.55. The Morgan fingerprint density at radius 2 is 2.00 bits per heavy atom. The van der Waals surface area contributed by atoms with Gasteiger partial charge in [-0.2, -0.15) is 8.78 Å². The van der Waals surface area contributed by atoms with E-state index < -0.39 is 10.2 Å². The van der Waals surface area contributed by atoms with Crippen molar-refractivity contribution in [3.05, 3.63) is 0 Å². The molecule has 0 fully saturated rings. The summed E-state index contributed by atoms with van der Waals surface area (Å²) in [7, 11) is 0. The van der Waals surface area contributed by atoms with Crippen LogP contribution < -0.4 is 0 Å². The molecule has 0 aromatic carbocycles. The minimum Gasteiger partial charge on any atom is -0.307 e. The van der Waals surface area contributed by atoms with E-state index in [0.717, 1.165) is 6.92 Å². The van der Waals surface area contributed by atoms with Crippen LogP contribution in [0.3, 0.4) is 0 Å². The number of ether oxygens (including phenoxy) is 1. The van der Waals surface area contributed by atoms with Gasteiger partial charge < -0.3 is 4.74 Å². The Morgan fingerprint density at radius 1 is 1.62 bits per heavy atom. The standard InChI is InChI=1S/C4H7F2IO/c1-3(7)8-4(2,5)6/h3H,1-2H3/t3-/m0/s1. The van der Waals surface area contributed by atoms with Crippen molar-refractivity contribution in [3.63, 3.8) is 0 Å². The van der Waals surface area contributed by atoms with E-state index in [2.05, 4.69) is 4.74 Å². The molecular weight excluding hydrogens is 229 g/mol. The highest BCUT2D eigenvalue weighted by Gasteiger charge is 2.23. The maximum absolute atomic E-state index is 11.7. The lowest BCUT2D eigenvalue weighted by molar-refractivity contribution is -0.225. The molecule has 0 heterocycles. The second kappa shape index (κ2) is 2.91. The molecule has 0 amide bonds. The molecule has 50 valence electrons. The van der Waals surface area contributed by atoms with Crippen molar-refractivity contribution in [3.8, 4) is 0 Å². The maximum atomic E-state index is 11.7. The third-order valence-electron chi connectivity index (χ3n) is 0.369. The van der Waals surface area contributed by atoms with Crippen molar-refractivity contribution in [1.29, 1.82) is 0 Å². The van der Waals surface area contributed by atoms with E-state index in [1.807, 2.05) is 0 Å². The van der Waals surface area contributed by atoms with Crippen molar-refractivity contribution in [1.82, 2.24) is 0 Å². The zero-order valence-corrected chi connectivity index (χ0v) is 6.78. The van der Waals surface area contributed by atoms with E-state index >= 15 is 0 Å². The molecule has 4 heteroatoms. The molecule has 0 aromatic heterocycles. The largest absolute Gasteiger partial charge is 0.353 e. The van der Waals surface area contributed by atoms with E-state index in [0.29, 0.717) is 0 Å². The number of halogens is 3. The summed E-state index contributed by atoms with van der Waals surface area (Å²) in [4.78, 5) is 0. The number of hydrogen-bond donors (Lipinski definition) is 0. The third kappa shape index (κ3) is 6.55. The first-order valence-electron chi connectivity index (χ1n) is 2.11. The maximum Gasteiger partial charge on any atom is 0.353 e. The van der Waals surface area contributed by atoms with Crippen LogP contribution >= 0.6 is 22.6 Å². The molecule has 0 aliphatic heterocycles. The molecule has 0 aromatic rings. The molecule has 0 aliphatic rings. The van der Waals surface area contributed by atoms with Gasteiger partial charge in [-0.1, -0.05) is 22.6 Å². The topological polar surface area (TPSA) is 9.23 Å². The van der Waals surface area contributed by atoms with Gasteiger partial charge in [-0.25, -0.2) is 0 Å². The minimum absolute atomic E-state index is 0.437. The van der Waals surface area contributed by atoms with Gasteiger partial charge in [0.2, 0.25) is 0 Å². The van der Waals surface area contributed by atoms with Crippen LogP contribution in [-0.2, 0) is 4.74 Å². The molecule has 0 bridgehead atoms. The molecule has 0 aliphatic carbocycles. The predicted octanol–water partition coefficient (Wildman–Crippen LogP) is 2.40. The van der Waals surface area contributed by atoms with Gasteiger partial charge >= 0.3 is 6.11 Å². The van der Waals surface area contributed by atoms with E-state index in [9.17, 15) is 8.78 Å². The molecule has 0 unspecified atom stereocenters. The number of rotatable bonds is 2. The Bertz CT molecular complexity index is 68.9. The lowest BCUT2D eigenvalue weighted by Crippen LogP contribution is -2.18. The summed E-state index contributed by atoms with van der Waals surface area (Å²) in [5, 5.41) is 0. The second-order valence-corrected chi connectivity index (χ2v) is 3.22. The molecule has 0 radical (unpaired) electrons. The SMILES string of the molecule is C[C@@H](I)OC(C)(F)F. The van der Waals surface area contributed by atoms with Gasteiger partial charge in [0, 0.05) is 6.92 Å². The van der Waals surface area contributed by atoms with Crippen molar-refractivity contribution >= 4 is 22.6 Å². The van der Waals surface area contributed by atoms with Gasteiger partial charge in [-0.05, 0) is 6.92 Å². The molecule has 0 N–H and O–H groups in total. The van der Waals surface area contributed by atoms with E-state index in [-0.39, 0.29) is 0 Å². The van der Waals surface area contributed by atoms with Crippen LogP contribution in [0.5, 0.6) is 0 Å². The summed E-state index contributed by atoms with van der Waals surface area (Å²) >= 11 is 1.77. The van der Waals surface area contributed by atoms with Crippen LogP contribution in [0.2, 0.25) is 0 Å². The molecular formula is C4H7F2IO. The zero-order valence-electron chi connectivity index (χ0n) is 4.62. The first-order valence-corrected chi connectivity index (χ1v) is 3.36. The highest BCUT2D eigenvalue weighted by Crippen LogP contribution is 2.18. The van der Waals surface area contributed by atoms with Crippen molar-refractivity contribution in [2.45, 2.75) is 24.1 Å². The second-order valence-electron chi connectivity index (χ2n) is 1.47. The Balaban J connectivity index is 3.39. The zero-order chi connectivity index (χ0) is 6.78. The van der Waals surface area contributed by atoms with Gasteiger partial charge in [0.1, 0.15) is 4.11 Å². The first-order chi connectivity index (χ1) is 3.42. The molecule has 0 saturated heterocycles. The van der Waals surface area contributed by atoms with Crippen LogP contribution in [0.4, 0.5) is 8.78 Å². The van der Waals surface area contributed by atoms with Crippen molar-refractivity contribution < 1.29 is 13.5 Å². The van der Waals surface area contributed by atoms with Crippen LogP contribution in [0.25, 0.3) is 0 Å². The monoisotopic (exact) mass is 236 g/mol. The summed E-state index contributed by atoms with van der Waals surface area (Å²) in [6.07, 6.45) is -2.99. The average molecular weight is 236 g/mol. The summed E-state index contributed by atoms with van der Waals surface area (Å²) in [5.41, 5.74) is 0. The number of hydrogen-bond acceptors (Lipinski definition) is 1. The summed E-state index contributed by atoms with van der Waals surface area (Å²) in [6.45, 7) is 2.28. The van der Waals surface area contributed by atoms with Crippen LogP contribution in [0.1, 0.15) is 13.8 Å². The van der Waals surface area contributed by atoms with Crippen LogP contribution in [0, 0.1) is 0 Å². The van der Waals surface area contributed by atoms with Crippen molar-refractivity contribution in [2.24, 2.45) is 0 Å². The van der Waals surface area contributed by atoms with Crippen molar-refractivity contribution in [2.75, 3.05) is 0 Å². The fraction of sp³-hybridized carbons (Fsp3) is 1.00. The molecule has 0 spiro atoms. The Kier molecular flexibility index (Phi) is 3.11. The fourth-order valence-corrected chi connectivity index (χ4v) is 0.732. The van der Waals surface area contributed by atoms with Crippen LogP contribution in [0.15, 0.2) is 0 Å². The fourth-order valence-electron chi connectivity index (χ4n) is 0.285. The highest BCUT2D eigenvalue weighted by atomic mass is 127. The van der Waals surface area contributed by atoms with E-state index in [1.54, 1.807) is 29.5 Å².